The largest absolute Gasteiger partial charge is 1.00 e. The molecule has 7 aromatic carbocycles. The predicted molar refractivity (Wildman–Crippen MR) is 254 cm³/mol. The first-order valence-electron chi connectivity index (χ1n) is 19.8. The van der Waals surface area contributed by atoms with E-state index in [1.165, 1.54) is 36.4 Å². The van der Waals surface area contributed by atoms with Gasteiger partial charge in [0.05, 0.1) is 19.6 Å². The summed E-state index contributed by atoms with van der Waals surface area (Å²) in [5.74, 6) is -2.97. The molecule has 0 aliphatic rings. The molecule has 0 aliphatic heterocycles. The molecule has 0 amide bonds. The quantitative estimate of drug-likeness (QED) is 0.0463. The minimum atomic E-state index is -5.37. The third-order valence-corrected chi connectivity index (χ3v) is 14.0. The number of sulfone groups is 2. The molecule has 30 heteroatoms. The molecular weight excluding hydrogens is 1050 g/mol. The van der Waals surface area contributed by atoms with E-state index < -0.39 is 95.4 Å². The number of aromatic hydroxyl groups is 4. The number of rotatable bonds is 14. The summed E-state index contributed by atoms with van der Waals surface area (Å²) in [7, 11) is -18.3. The summed E-state index contributed by atoms with van der Waals surface area (Å²) in [6.07, 6.45) is 1.81. The number of fused-ring (bicyclic) bond motifs is 2. The molecule has 0 spiro atoms. The summed E-state index contributed by atoms with van der Waals surface area (Å²) in [6, 6.07) is 24.9. The molecule has 73 heavy (non-hydrogen) atoms. The van der Waals surface area contributed by atoms with Crippen LogP contribution in [0.25, 0.3) is 21.5 Å². The van der Waals surface area contributed by atoms with Gasteiger partial charge in [0.1, 0.15) is 54.5 Å². The second kappa shape index (κ2) is 21.6. The first kappa shape index (κ1) is 55.9. The van der Waals surface area contributed by atoms with Gasteiger partial charge in [-0.2, -0.15) is 15.0 Å². The Morgan fingerprint density at radius 2 is 0.822 bits per heavy atom. The van der Waals surface area contributed by atoms with Gasteiger partial charge in [-0.3, -0.25) is 0 Å². The number of hydrogen-bond donors (Lipinski definition) is 7. The molecule has 8 aromatic rings. The number of nitrogens with zero attached hydrogens (tertiary/aromatic N) is 7. The summed E-state index contributed by atoms with van der Waals surface area (Å²) in [5.41, 5.74) is -1.49. The number of azo groups is 2. The van der Waals surface area contributed by atoms with E-state index in [1.54, 1.807) is 30.3 Å². The van der Waals surface area contributed by atoms with E-state index in [2.05, 4.69) is 51.4 Å². The van der Waals surface area contributed by atoms with Gasteiger partial charge in [-0.15, -0.1) is 20.5 Å². The molecule has 0 saturated heterocycles. The number of nitrogens with one attached hydrogen (secondary N) is 3. The van der Waals surface area contributed by atoms with Gasteiger partial charge in [0, 0.05) is 40.3 Å². The van der Waals surface area contributed by atoms with Crippen LogP contribution in [0.3, 0.4) is 0 Å². The molecule has 364 valence electrons. The zero-order chi connectivity index (χ0) is 51.2. The molecule has 0 aliphatic carbocycles. The van der Waals surface area contributed by atoms with E-state index in [9.17, 15) is 63.2 Å². The Morgan fingerprint density at radius 1 is 0.452 bits per heavy atom. The van der Waals surface area contributed by atoms with Gasteiger partial charge in [-0.05, 0) is 108 Å². The maximum Gasteiger partial charge on any atom is 1.00 e. The fourth-order valence-electron chi connectivity index (χ4n) is 6.72. The molecule has 0 atom stereocenters. The normalized spacial score (nSPS) is 12.2. The van der Waals surface area contributed by atoms with Crippen LogP contribution >= 0.6 is 0 Å². The average molecular weight is 1090 g/mol. The Hall–Kier alpha value is -6.41. The van der Waals surface area contributed by atoms with E-state index in [0.717, 1.165) is 61.0 Å². The summed E-state index contributed by atoms with van der Waals surface area (Å²) < 4.78 is 123. The first-order valence-corrected chi connectivity index (χ1v) is 26.4. The van der Waals surface area contributed by atoms with Crippen LogP contribution < -0.4 is 75.1 Å². The molecule has 24 nitrogen and oxygen atoms in total. The second-order valence-corrected chi connectivity index (χ2v) is 21.9. The van der Waals surface area contributed by atoms with Crippen molar-refractivity contribution in [1.29, 1.82) is 0 Å². The maximum absolute atomic E-state index is 12.5. The van der Waals surface area contributed by atoms with Crippen molar-refractivity contribution in [2.45, 2.75) is 19.6 Å². The van der Waals surface area contributed by atoms with Crippen LogP contribution in [0.5, 0.6) is 23.0 Å². The van der Waals surface area contributed by atoms with Gasteiger partial charge in [0.2, 0.25) is 17.8 Å². The topological polar surface area (TPSA) is 388 Å². The predicted octanol–water partition coefficient (Wildman–Crippen LogP) is 1.69. The summed E-state index contributed by atoms with van der Waals surface area (Å²) in [5, 5.41) is 66.8. The Morgan fingerprint density at radius 3 is 1.18 bits per heavy atom. The van der Waals surface area contributed by atoms with E-state index in [0.29, 0.717) is 5.69 Å². The SMILES string of the molecule is CS(=O)(=O)c1ccc(O)c(N=Nc2c(S(=O)(=O)[O-])cc3cc(Nc4nc(Nc5ccccc5)nc(Nc5ccc6c(O)c(N=Nc7cc(S(C)(=O)=O)ccc7O)c(S(=O)(=O)[O-])cc6c5)n4)ccc3c2O)c1.[Na+].[Na+]. The van der Waals surface area contributed by atoms with Gasteiger partial charge >= 0.3 is 59.1 Å². The zero-order valence-electron chi connectivity index (χ0n) is 38.1. The van der Waals surface area contributed by atoms with Crippen molar-refractivity contribution in [3.63, 3.8) is 0 Å². The van der Waals surface area contributed by atoms with E-state index >= 15 is 0 Å². The number of aromatic nitrogens is 3. The monoisotopic (exact) mass is 1090 g/mol. The summed E-state index contributed by atoms with van der Waals surface area (Å²) in [4.78, 5) is 10.7. The number of phenols is 4. The van der Waals surface area contributed by atoms with Crippen LogP contribution in [0.1, 0.15) is 0 Å². The summed E-state index contributed by atoms with van der Waals surface area (Å²) in [6.45, 7) is 0. The van der Waals surface area contributed by atoms with Crippen molar-refractivity contribution < 1.29 is 122 Å². The fourth-order valence-corrected chi connectivity index (χ4v) is 9.29. The molecule has 1 heterocycles. The molecule has 0 bridgehead atoms. The Balaban J connectivity index is 0.00000435. The van der Waals surface area contributed by atoms with Gasteiger partial charge in [0.15, 0.2) is 31.2 Å². The first-order chi connectivity index (χ1) is 33.3. The molecule has 7 N–H and O–H groups in total. The van der Waals surface area contributed by atoms with Gasteiger partial charge in [0.25, 0.3) is 0 Å². The Kier molecular flexibility index (Phi) is 16.5. The third kappa shape index (κ3) is 12.9. The summed E-state index contributed by atoms with van der Waals surface area (Å²) >= 11 is 0. The van der Waals surface area contributed by atoms with Crippen LogP contribution in [0.2, 0.25) is 0 Å². The molecule has 1 aromatic heterocycles. The standard InChI is InChI=1S/C43H34N10O14S4.2Na/c1-68(58,59)27-10-14-33(54)31(20-27)50-52-37-35(70(62,63)64)18-22-16-25(8-12-29(22)39(37)56)45-42-47-41(44-24-6-4-3-5-7-24)48-43(49-42)46-26-9-13-30-23(17-26)19-36(71(65,66)67)38(40(30)57)53-51-32-21-28(69(2,60)61)11-15-34(32)55;;/h3-21,54-57H,1-2H3,(H,62,63,64)(H,65,66,67)(H3,44,45,46,47,48,49);;/q;2*+1/p-2. The van der Waals surface area contributed by atoms with Crippen LogP contribution in [-0.4, -0.2) is 90.7 Å². The number of phenolic OH excluding ortho intramolecular Hbond substituents is 4. The molecule has 0 saturated carbocycles. The smallest absolute Gasteiger partial charge is 0.744 e. The minimum Gasteiger partial charge on any atom is -0.744 e. The maximum atomic E-state index is 12.5. The van der Waals surface area contributed by atoms with Crippen LogP contribution in [0.4, 0.5) is 57.7 Å². The number of para-hydroxylation sites is 1. The van der Waals surface area contributed by atoms with Crippen molar-refractivity contribution in [2.24, 2.45) is 20.5 Å². The molecule has 8 rings (SSSR count). The van der Waals surface area contributed by atoms with Crippen molar-refractivity contribution in [3.8, 4) is 23.0 Å². The fraction of sp³-hybridized carbons (Fsp3) is 0.0465. The van der Waals surface area contributed by atoms with Crippen LogP contribution in [-0.2, 0) is 39.9 Å². The van der Waals surface area contributed by atoms with Crippen LogP contribution in [0.15, 0.2) is 155 Å². The zero-order valence-corrected chi connectivity index (χ0v) is 45.4. The average Bonchev–Trinajstić information content (AvgIpc) is 3.28. The molecule has 0 unspecified atom stereocenters. The minimum absolute atomic E-state index is 0. The van der Waals surface area contributed by atoms with Gasteiger partial charge < -0.3 is 45.5 Å². The van der Waals surface area contributed by atoms with Crippen molar-refractivity contribution in [1.82, 2.24) is 15.0 Å². The number of benzene rings is 7. The number of hydrogen-bond acceptors (Lipinski definition) is 24. The van der Waals surface area contributed by atoms with Crippen molar-refractivity contribution >= 4 is 119 Å². The number of anilines is 6. The van der Waals surface area contributed by atoms with E-state index in [4.69, 9.17) is 0 Å². The third-order valence-electron chi connectivity index (χ3n) is 10.1. The molecule has 0 radical (unpaired) electrons. The molecular formula is C43H32N10Na2O14S4. The van der Waals surface area contributed by atoms with E-state index in [-0.39, 0.29) is 120 Å². The van der Waals surface area contributed by atoms with E-state index in [1.807, 2.05) is 0 Å². The Bertz CT molecular complexity index is 3810. The van der Waals surface area contributed by atoms with Gasteiger partial charge in [-0.1, -0.05) is 18.2 Å². The van der Waals surface area contributed by atoms with Crippen molar-refractivity contribution in [3.05, 3.63) is 115 Å². The molecule has 0 fully saturated rings. The van der Waals surface area contributed by atoms with Crippen LogP contribution in [0, 0.1) is 0 Å². The van der Waals surface area contributed by atoms with Crippen molar-refractivity contribution in [2.75, 3.05) is 28.5 Å². The Labute approximate surface area is 459 Å². The second-order valence-electron chi connectivity index (χ2n) is 15.2. The van der Waals surface area contributed by atoms with Gasteiger partial charge in [-0.25, -0.2) is 33.7 Å².